The first-order valence-electron chi connectivity index (χ1n) is 6.58. The summed E-state index contributed by atoms with van der Waals surface area (Å²) in [4.78, 5) is 13.9. The molecule has 0 aromatic heterocycles. The molecule has 0 bridgehead atoms. The summed E-state index contributed by atoms with van der Waals surface area (Å²) in [5.74, 6) is 0.397. The Morgan fingerprint density at radius 1 is 1.28 bits per heavy atom. The van der Waals surface area contributed by atoms with Gasteiger partial charge in [0.2, 0.25) is 0 Å². The van der Waals surface area contributed by atoms with Crippen LogP contribution in [0.3, 0.4) is 0 Å². The highest BCUT2D eigenvalue weighted by Crippen LogP contribution is 2.40. The number of rotatable bonds is 4. The van der Waals surface area contributed by atoms with Crippen LogP contribution in [0.4, 0.5) is 0 Å². The van der Waals surface area contributed by atoms with Gasteiger partial charge in [-0.15, -0.1) is 6.58 Å². The van der Waals surface area contributed by atoms with Crippen molar-refractivity contribution in [3.63, 3.8) is 0 Å². The summed E-state index contributed by atoms with van der Waals surface area (Å²) in [5, 5.41) is 0. The molecule has 18 heavy (non-hydrogen) atoms. The summed E-state index contributed by atoms with van der Waals surface area (Å²) in [6.07, 6.45) is 5.15. The van der Waals surface area contributed by atoms with Gasteiger partial charge in [-0.2, -0.15) is 0 Å². The lowest BCUT2D eigenvalue weighted by Crippen LogP contribution is -2.46. The topological polar surface area (TPSA) is 20.3 Å². The van der Waals surface area contributed by atoms with Gasteiger partial charge < -0.3 is 0 Å². The lowest BCUT2D eigenvalue weighted by molar-refractivity contribution is -0.123. The van der Waals surface area contributed by atoms with Gasteiger partial charge in [0.1, 0.15) is 5.78 Å². The maximum absolute atomic E-state index is 11.5. The third kappa shape index (κ3) is 2.39. The number of carbonyl (C=O) groups excluding carboxylic acids is 1. The molecule has 2 heteroatoms. The molecular weight excluding hydrogens is 222 g/mol. The van der Waals surface area contributed by atoms with Crippen molar-refractivity contribution < 1.29 is 4.79 Å². The number of hydrogen-bond acceptors (Lipinski definition) is 2. The van der Waals surface area contributed by atoms with E-state index in [0.29, 0.717) is 18.6 Å². The fourth-order valence-electron chi connectivity index (χ4n) is 2.95. The van der Waals surface area contributed by atoms with E-state index in [4.69, 9.17) is 0 Å². The van der Waals surface area contributed by atoms with Crippen molar-refractivity contribution in [3.05, 3.63) is 48.6 Å². The lowest BCUT2D eigenvalue weighted by Gasteiger charge is -2.44. The Bertz CT molecular complexity index is 414. The van der Waals surface area contributed by atoms with Crippen LogP contribution >= 0.6 is 0 Å². The number of nitrogens with zero attached hydrogens (tertiary/aromatic N) is 1. The number of likely N-dealkylation sites (N-methyl/N-ethyl adjacent to an activating group) is 1. The molecule has 1 aliphatic rings. The van der Waals surface area contributed by atoms with Gasteiger partial charge in [-0.3, -0.25) is 9.69 Å². The Balaban J connectivity index is 2.34. The molecule has 0 unspecified atom stereocenters. The largest absolute Gasteiger partial charge is 0.300 e. The van der Waals surface area contributed by atoms with Crippen LogP contribution in [0.2, 0.25) is 0 Å². The van der Waals surface area contributed by atoms with Crippen LogP contribution in [0.5, 0.6) is 0 Å². The molecule has 1 fully saturated rings. The first-order valence-corrected chi connectivity index (χ1v) is 6.58. The maximum atomic E-state index is 11.5. The predicted octanol–water partition coefficient (Wildman–Crippen LogP) is 3.14. The highest BCUT2D eigenvalue weighted by Gasteiger charge is 2.39. The molecule has 2 rings (SSSR count). The zero-order chi connectivity index (χ0) is 13.0. The van der Waals surface area contributed by atoms with Gasteiger partial charge in [0.25, 0.3) is 0 Å². The van der Waals surface area contributed by atoms with Gasteiger partial charge in [-0.05, 0) is 25.5 Å². The monoisotopic (exact) mass is 243 g/mol. The number of benzene rings is 1. The number of carbonyl (C=O) groups is 1. The lowest BCUT2D eigenvalue weighted by atomic mass is 9.75. The maximum Gasteiger partial charge on any atom is 0.133 e. The van der Waals surface area contributed by atoms with Crippen molar-refractivity contribution >= 4 is 5.78 Å². The van der Waals surface area contributed by atoms with Crippen molar-refractivity contribution in [2.24, 2.45) is 0 Å². The quantitative estimate of drug-likeness (QED) is 0.757. The summed E-state index contributed by atoms with van der Waals surface area (Å²) in [7, 11) is 2.13. The van der Waals surface area contributed by atoms with E-state index in [9.17, 15) is 4.79 Å². The predicted molar refractivity (Wildman–Crippen MR) is 74.4 cm³/mol. The van der Waals surface area contributed by atoms with E-state index in [2.05, 4.69) is 42.8 Å². The standard InChI is InChI=1S/C16H21NO/c1-3-13-17(2)16(11-9-15(18)10-12-16)14-7-5-4-6-8-14/h3-8H,1,9-13H2,2H3. The van der Waals surface area contributed by atoms with Crippen LogP contribution in [0.1, 0.15) is 31.2 Å². The van der Waals surface area contributed by atoms with Crippen LogP contribution in [0, 0.1) is 0 Å². The molecule has 0 atom stereocenters. The van der Waals surface area contributed by atoms with Crippen molar-refractivity contribution in [1.82, 2.24) is 4.90 Å². The van der Waals surface area contributed by atoms with E-state index >= 15 is 0 Å². The highest BCUT2D eigenvalue weighted by molar-refractivity contribution is 5.79. The summed E-state index contributed by atoms with van der Waals surface area (Å²) in [6.45, 7) is 4.68. The second kappa shape index (κ2) is 5.49. The Kier molecular flexibility index (Phi) is 3.97. The van der Waals surface area contributed by atoms with Crippen LogP contribution in [-0.2, 0) is 10.3 Å². The molecule has 0 heterocycles. The molecule has 0 aliphatic heterocycles. The molecule has 0 N–H and O–H groups in total. The van der Waals surface area contributed by atoms with E-state index in [1.54, 1.807) is 0 Å². The fourth-order valence-corrected chi connectivity index (χ4v) is 2.95. The number of Topliss-reactive ketones (excluding diaryl/α,β-unsaturated/α-hetero) is 1. The normalized spacial score (nSPS) is 18.9. The molecule has 0 amide bonds. The minimum absolute atomic E-state index is 0.00333. The van der Waals surface area contributed by atoms with Gasteiger partial charge in [0.15, 0.2) is 0 Å². The molecule has 0 saturated heterocycles. The second-order valence-corrected chi connectivity index (χ2v) is 5.11. The van der Waals surface area contributed by atoms with Crippen LogP contribution in [-0.4, -0.2) is 24.3 Å². The third-order valence-corrected chi connectivity index (χ3v) is 4.08. The van der Waals surface area contributed by atoms with Crippen molar-refractivity contribution in [1.29, 1.82) is 0 Å². The van der Waals surface area contributed by atoms with Crippen molar-refractivity contribution in [2.75, 3.05) is 13.6 Å². The molecule has 1 aliphatic carbocycles. The number of hydrogen-bond donors (Lipinski definition) is 0. The van der Waals surface area contributed by atoms with E-state index in [0.717, 1.165) is 19.4 Å². The first kappa shape index (κ1) is 13.0. The Labute approximate surface area is 109 Å². The van der Waals surface area contributed by atoms with Gasteiger partial charge in [-0.1, -0.05) is 36.4 Å². The van der Waals surface area contributed by atoms with Crippen LogP contribution in [0.15, 0.2) is 43.0 Å². The van der Waals surface area contributed by atoms with Crippen LogP contribution in [0.25, 0.3) is 0 Å². The highest BCUT2D eigenvalue weighted by atomic mass is 16.1. The average molecular weight is 243 g/mol. The Hall–Kier alpha value is -1.41. The van der Waals surface area contributed by atoms with Crippen LogP contribution < -0.4 is 0 Å². The van der Waals surface area contributed by atoms with E-state index in [1.807, 2.05) is 12.1 Å². The SMILES string of the molecule is C=CCN(C)C1(c2ccccc2)CCC(=O)CC1. The van der Waals surface area contributed by atoms with E-state index in [1.165, 1.54) is 5.56 Å². The molecule has 1 saturated carbocycles. The number of ketones is 1. The molecule has 0 radical (unpaired) electrons. The molecule has 1 aromatic carbocycles. The van der Waals surface area contributed by atoms with Crippen molar-refractivity contribution in [3.8, 4) is 0 Å². The minimum atomic E-state index is 0.00333. The minimum Gasteiger partial charge on any atom is -0.300 e. The smallest absolute Gasteiger partial charge is 0.133 e. The molecule has 1 aromatic rings. The van der Waals surface area contributed by atoms with Gasteiger partial charge in [0.05, 0.1) is 0 Å². The third-order valence-electron chi connectivity index (χ3n) is 4.08. The summed E-state index contributed by atoms with van der Waals surface area (Å²) in [6, 6.07) is 10.5. The fraction of sp³-hybridized carbons (Fsp3) is 0.438. The summed E-state index contributed by atoms with van der Waals surface area (Å²) < 4.78 is 0. The molecule has 96 valence electrons. The second-order valence-electron chi connectivity index (χ2n) is 5.11. The van der Waals surface area contributed by atoms with Gasteiger partial charge >= 0.3 is 0 Å². The Morgan fingerprint density at radius 3 is 2.44 bits per heavy atom. The van der Waals surface area contributed by atoms with Crippen molar-refractivity contribution in [2.45, 2.75) is 31.2 Å². The first-order chi connectivity index (χ1) is 8.69. The van der Waals surface area contributed by atoms with E-state index in [-0.39, 0.29) is 5.54 Å². The zero-order valence-electron chi connectivity index (χ0n) is 11.1. The molecular formula is C16H21NO. The average Bonchev–Trinajstić information content (AvgIpc) is 2.41. The Morgan fingerprint density at radius 2 is 1.89 bits per heavy atom. The molecule has 0 spiro atoms. The molecule has 2 nitrogen and oxygen atoms in total. The zero-order valence-corrected chi connectivity index (χ0v) is 11.1. The van der Waals surface area contributed by atoms with Gasteiger partial charge in [0, 0.05) is 24.9 Å². The summed E-state index contributed by atoms with van der Waals surface area (Å²) in [5.41, 5.74) is 1.32. The van der Waals surface area contributed by atoms with E-state index < -0.39 is 0 Å². The van der Waals surface area contributed by atoms with Gasteiger partial charge in [-0.25, -0.2) is 0 Å². The summed E-state index contributed by atoms with van der Waals surface area (Å²) >= 11 is 0.